The molecule has 2 aromatic carbocycles. The van der Waals surface area contributed by atoms with Crippen molar-refractivity contribution in [2.75, 3.05) is 19.9 Å². The Morgan fingerprint density at radius 3 is 2.52 bits per heavy atom. The van der Waals surface area contributed by atoms with Crippen molar-refractivity contribution in [3.8, 4) is 11.5 Å². The molecule has 4 rings (SSSR count). The molecule has 0 saturated carbocycles. The van der Waals surface area contributed by atoms with Gasteiger partial charge in [-0.2, -0.15) is 0 Å². The Kier molecular flexibility index (Phi) is 6.78. The van der Waals surface area contributed by atoms with Gasteiger partial charge in [-0.05, 0) is 48.9 Å². The highest BCUT2D eigenvalue weighted by molar-refractivity contribution is 5.96. The van der Waals surface area contributed by atoms with Crippen molar-refractivity contribution in [3.05, 3.63) is 96.0 Å². The van der Waals surface area contributed by atoms with Crippen LogP contribution in [0.2, 0.25) is 0 Å². The molecule has 3 aromatic rings. The lowest BCUT2D eigenvalue weighted by Crippen LogP contribution is -2.42. The van der Waals surface area contributed by atoms with E-state index in [0.29, 0.717) is 29.4 Å². The van der Waals surface area contributed by atoms with Crippen molar-refractivity contribution in [1.82, 2.24) is 9.80 Å². The van der Waals surface area contributed by atoms with E-state index in [-0.39, 0.29) is 38.2 Å². The average molecular weight is 447 g/mol. The number of amides is 2. The van der Waals surface area contributed by atoms with Crippen LogP contribution in [-0.4, -0.2) is 41.5 Å². The molecule has 0 spiro atoms. The van der Waals surface area contributed by atoms with Crippen molar-refractivity contribution in [3.63, 3.8) is 0 Å². The summed E-state index contributed by atoms with van der Waals surface area (Å²) in [7, 11) is 0. The van der Waals surface area contributed by atoms with E-state index in [9.17, 15) is 9.59 Å². The minimum atomic E-state index is -0.218. The zero-order valence-electron chi connectivity index (χ0n) is 18.5. The normalized spacial score (nSPS) is 11.8. The minimum absolute atomic E-state index is 0.0794. The predicted octanol–water partition coefficient (Wildman–Crippen LogP) is 4.17. The molecule has 1 aromatic heterocycles. The molecule has 1 aliphatic rings. The maximum atomic E-state index is 13.4. The lowest BCUT2D eigenvalue weighted by molar-refractivity contribution is -0.133. The van der Waals surface area contributed by atoms with Gasteiger partial charge < -0.3 is 23.7 Å². The third-order valence-corrected chi connectivity index (χ3v) is 5.35. The van der Waals surface area contributed by atoms with Crippen LogP contribution in [0.3, 0.4) is 0 Å². The summed E-state index contributed by atoms with van der Waals surface area (Å²) in [5, 5.41) is 0. The summed E-state index contributed by atoms with van der Waals surface area (Å²) in [5.41, 5.74) is 2.48. The highest BCUT2D eigenvalue weighted by Crippen LogP contribution is 2.33. The van der Waals surface area contributed by atoms with Gasteiger partial charge in [0.2, 0.25) is 12.7 Å². The first-order valence-electron chi connectivity index (χ1n) is 10.7. The van der Waals surface area contributed by atoms with Crippen molar-refractivity contribution < 1.29 is 23.5 Å². The molecule has 1 aliphatic heterocycles. The largest absolute Gasteiger partial charge is 0.467 e. The maximum absolute atomic E-state index is 13.4. The molecule has 0 N–H and O–H groups in total. The number of rotatable bonds is 9. The van der Waals surface area contributed by atoms with Crippen LogP contribution >= 0.6 is 0 Å². The zero-order chi connectivity index (χ0) is 23.2. The Balaban J connectivity index is 1.53. The number of hydrogen-bond donors (Lipinski definition) is 0. The van der Waals surface area contributed by atoms with Crippen molar-refractivity contribution in [2.45, 2.75) is 20.0 Å². The summed E-state index contributed by atoms with van der Waals surface area (Å²) < 4.78 is 16.3. The van der Waals surface area contributed by atoms with Gasteiger partial charge in [-0.15, -0.1) is 6.58 Å². The molecule has 7 heteroatoms. The topological polar surface area (TPSA) is 72.2 Å². The quantitative estimate of drug-likeness (QED) is 0.461. The average Bonchev–Trinajstić information content (AvgIpc) is 3.50. The summed E-state index contributed by atoms with van der Waals surface area (Å²) in [6, 6.07) is 16.5. The van der Waals surface area contributed by atoms with Gasteiger partial charge in [0, 0.05) is 18.7 Å². The van der Waals surface area contributed by atoms with Crippen LogP contribution in [0.1, 0.15) is 27.2 Å². The Morgan fingerprint density at radius 2 is 1.79 bits per heavy atom. The van der Waals surface area contributed by atoms with Crippen LogP contribution in [-0.2, 0) is 17.9 Å². The van der Waals surface area contributed by atoms with Gasteiger partial charge in [0.25, 0.3) is 5.91 Å². The number of carbonyl (C=O) groups excluding carboxylic acids is 2. The van der Waals surface area contributed by atoms with Gasteiger partial charge in [0.1, 0.15) is 12.3 Å². The molecular weight excluding hydrogens is 420 g/mol. The number of ether oxygens (including phenoxy) is 2. The summed E-state index contributed by atoms with van der Waals surface area (Å²) in [4.78, 5) is 29.6. The highest BCUT2D eigenvalue weighted by Gasteiger charge is 2.23. The van der Waals surface area contributed by atoms with E-state index in [2.05, 4.69) is 6.58 Å². The molecule has 33 heavy (non-hydrogen) atoms. The molecule has 170 valence electrons. The molecule has 0 fully saturated rings. The summed E-state index contributed by atoms with van der Waals surface area (Å²) in [5.74, 6) is 1.57. The van der Waals surface area contributed by atoms with Gasteiger partial charge in [-0.1, -0.05) is 29.8 Å². The maximum Gasteiger partial charge on any atom is 0.254 e. The standard InChI is InChI=1S/C26H26N2O5/c1-3-12-27(26(30)21-9-6-19(2)7-10-21)17-25(29)28(16-22-5-4-13-31-22)15-20-8-11-23-24(14-20)33-18-32-23/h3-11,13-14H,1,12,15-18H2,2H3. The van der Waals surface area contributed by atoms with Crippen LogP contribution in [0.15, 0.2) is 77.9 Å². The van der Waals surface area contributed by atoms with E-state index in [0.717, 1.165) is 11.1 Å². The second-order valence-corrected chi connectivity index (χ2v) is 7.86. The number of nitrogens with zero attached hydrogens (tertiary/aromatic N) is 2. The predicted molar refractivity (Wildman–Crippen MR) is 123 cm³/mol. The van der Waals surface area contributed by atoms with Crippen molar-refractivity contribution in [2.24, 2.45) is 0 Å². The van der Waals surface area contributed by atoms with Gasteiger partial charge in [0.15, 0.2) is 11.5 Å². The fourth-order valence-corrected chi connectivity index (χ4v) is 3.60. The molecule has 2 heterocycles. The zero-order valence-corrected chi connectivity index (χ0v) is 18.5. The number of furan rings is 1. The van der Waals surface area contributed by atoms with Crippen molar-refractivity contribution in [1.29, 1.82) is 0 Å². The lowest BCUT2D eigenvalue weighted by Gasteiger charge is -2.27. The second-order valence-electron chi connectivity index (χ2n) is 7.86. The van der Waals surface area contributed by atoms with Crippen molar-refractivity contribution >= 4 is 11.8 Å². The van der Waals surface area contributed by atoms with Gasteiger partial charge in [-0.25, -0.2) is 0 Å². The summed E-state index contributed by atoms with van der Waals surface area (Å²) in [6.07, 6.45) is 3.19. The smallest absolute Gasteiger partial charge is 0.254 e. The van der Waals surface area contributed by atoms with Crippen LogP contribution < -0.4 is 9.47 Å². The summed E-state index contributed by atoms with van der Waals surface area (Å²) in [6.45, 7) is 6.68. The lowest BCUT2D eigenvalue weighted by atomic mass is 10.1. The minimum Gasteiger partial charge on any atom is -0.467 e. The first-order chi connectivity index (χ1) is 16.0. The van der Waals surface area contributed by atoms with Crippen LogP contribution in [0.5, 0.6) is 11.5 Å². The van der Waals surface area contributed by atoms with E-state index in [1.54, 1.807) is 35.4 Å². The molecule has 2 amide bonds. The van der Waals surface area contributed by atoms with E-state index in [4.69, 9.17) is 13.9 Å². The SMILES string of the molecule is C=CCN(CC(=O)N(Cc1ccc2c(c1)OCO2)Cc1ccco1)C(=O)c1ccc(C)cc1. The second kappa shape index (κ2) is 10.1. The molecule has 7 nitrogen and oxygen atoms in total. The Bertz CT molecular complexity index is 1120. The Hall–Kier alpha value is -4.00. The van der Waals surface area contributed by atoms with Crippen LogP contribution in [0.4, 0.5) is 0 Å². The fourth-order valence-electron chi connectivity index (χ4n) is 3.60. The molecular formula is C26H26N2O5. The van der Waals surface area contributed by atoms with E-state index in [1.165, 1.54) is 4.90 Å². The molecule has 0 atom stereocenters. The third-order valence-electron chi connectivity index (χ3n) is 5.35. The number of hydrogen-bond acceptors (Lipinski definition) is 5. The molecule has 0 aliphatic carbocycles. The number of carbonyl (C=O) groups is 2. The number of benzene rings is 2. The van der Waals surface area contributed by atoms with Gasteiger partial charge in [0.05, 0.1) is 12.8 Å². The fraction of sp³-hybridized carbons (Fsp3) is 0.231. The van der Waals surface area contributed by atoms with E-state index in [1.807, 2.05) is 43.3 Å². The molecule has 0 bridgehead atoms. The third kappa shape index (κ3) is 5.44. The van der Waals surface area contributed by atoms with Gasteiger partial charge in [-0.3, -0.25) is 9.59 Å². The highest BCUT2D eigenvalue weighted by atomic mass is 16.7. The number of fused-ring (bicyclic) bond motifs is 1. The summed E-state index contributed by atoms with van der Waals surface area (Å²) >= 11 is 0. The van der Waals surface area contributed by atoms with Crippen LogP contribution in [0, 0.1) is 6.92 Å². The van der Waals surface area contributed by atoms with E-state index >= 15 is 0 Å². The number of aryl methyl sites for hydroxylation is 1. The first kappa shape index (κ1) is 22.2. The molecule has 0 unspecified atom stereocenters. The molecule has 0 radical (unpaired) electrons. The monoisotopic (exact) mass is 446 g/mol. The Labute approximate surface area is 192 Å². The first-order valence-corrected chi connectivity index (χ1v) is 10.7. The van der Waals surface area contributed by atoms with Gasteiger partial charge >= 0.3 is 0 Å². The van der Waals surface area contributed by atoms with E-state index < -0.39 is 0 Å². The van der Waals surface area contributed by atoms with Crippen LogP contribution in [0.25, 0.3) is 0 Å². The molecule has 0 saturated heterocycles. The Morgan fingerprint density at radius 1 is 1.00 bits per heavy atom.